The first kappa shape index (κ1) is 15.1. The van der Waals surface area contributed by atoms with E-state index in [-0.39, 0.29) is 0 Å². The topological polar surface area (TPSA) is 55.0 Å². The Bertz CT molecular complexity index is 424. The summed E-state index contributed by atoms with van der Waals surface area (Å²) in [5.74, 6) is 3.37. The van der Waals surface area contributed by atoms with E-state index in [1.54, 1.807) is 0 Å². The molecule has 0 amide bonds. The summed E-state index contributed by atoms with van der Waals surface area (Å²) in [6, 6.07) is 2.51. The first-order valence-corrected chi connectivity index (χ1v) is 8.00. The predicted molar refractivity (Wildman–Crippen MR) is 84.9 cm³/mol. The standard InChI is InChI=1S/C16H28N4/c1-4-6-15-18-14(17)11-16(19-15)20(3)13-9-7-12(5-2)8-10-13/h11-13H,4-10H2,1-3H3,(H2,17,18,19). The van der Waals surface area contributed by atoms with Crippen LogP contribution in [0.3, 0.4) is 0 Å². The molecule has 0 radical (unpaired) electrons. The maximum Gasteiger partial charge on any atom is 0.134 e. The molecule has 20 heavy (non-hydrogen) atoms. The van der Waals surface area contributed by atoms with Crippen LogP contribution in [0.4, 0.5) is 11.6 Å². The average Bonchev–Trinajstić information content (AvgIpc) is 2.46. The highest BCUT2D eigenvalue weighted by atomic mass is 15.2. The SMILES string of the molecule is CCCc1nc(N)cc(N(C)C2CCC(CC)CC2)n1. The Kier molecular flexibility index (Phi) is 5.21. The molecule has 112 valence electrons. The van der Waals surface area contributed by atoms with Crippen LogP contribution in [0.25, 0.3) is 0 Å². The van der Waals surface area contributed by atoms with Gasteiger partial charge in [-0.3, -0.25) is 0 Å². The molecular weight excluding hydrogens is 248 g/mol. The van der Waals surface area contributed by atoms with E-state index >= 15 is 0 Å². The number of nitrogen functional groups attached to an aromatic ring is 1. The second kappa shape index (κ2) is 6.91. The Morgan fingerprint density at radius 1 is 1.20 bits per heavy atom. The largest absolute Gasteiger partial charge is 0.384 e. The maximum atomic E-state index is 5.92. The van der Waals surface area contributed by atoms with Crippen LogP contribution in [0, 0.1) is 5.92 Å². The molecule has 1 aromatic rings. The normalized spacial score (nSPS) is 22.8. The van der Waals surface area contributed by atoms with Crippen molar-refractivity contribution in [3.8, 4) is 0 Å². The molecule has 0 saturated heterocycles. The molecule has 1 saturated carbocycles. The number of nitrogens with zero attached hydrogens (tertiary/aromatic N) is 3. The quantitative estimate of drug-likeness (QED) is 0.895. The van der Waals surface area contributed by atoms with E-state index < -0.39 is 0 Å². The number of aromatic nitrogens is 2. The highest BCUT2D eigenvalue weighted by molar-refractivity contribution is 5.47. The second-order valence-corrected chi connectivity index (χ2v) is 6.01. The van der Waals surface area contributed by atoms with Crippen LogP contribution < -0.4 is 10.6 Å². The van der Waals surface area contributed by atoms with E-state index in [1.165, 1.54) is 32.1 Å². The Hall–Kier alpha value is -1.32. The summed E-state index contributed by atoms with van der Waals surface area (Å²) < 4.78 is 0. The monoisotopic (exact) mass is 276 g/mol. The lowest BCUT2D eigenvalue weighted by Gasteiger charge is -2.35. The number of rotatable bonds is 5. The highest BCUT2D eigenvalue weighted by Crippen LogP contribution is 2.30. The molecule has 0 unspecified atom stereocenters. The molecule has 1 fully saturated rings. The smallest absolute Gasteiger partial charge is 0.134 e. The van der Waals surface area contributed by atoms with E-state index in [9.17, 15) is 0 Å². The van der Waals surface area contributed by atoms with Gasteiger partial charge in [0.15, 0.2) is 0 Å². The van der Waals surface area contributed by atoms with Crippen LogP contribution >= 0.6 is 0 Å². The van der Waals surface area contributed by atoms with Crippen LogP contribution in [0.5, 0.6) is 0 Å². The molecule has 4 heteroatoms. The van der Waals surface area contributed by atoms with Gasteiger partial charge in [0.05, 0.1) is 0 Å². The molecule has 0 bridgehead atoms. The van der Waals surface area contributed by atoms with Crippen molar-refractivity contribution in [3.63, 3.8) is 0 Å². The van der Waals surface area contributed by atoms with Gasteiger partial charge in [-0.2, -0.15) is 0 Å². The van der Waals surface area contributed by atoms with E-state index in [0.717, 1.165) is 30.4 Å². The fourth-order valence-electron chi connectivity index (χ4n) is 3.15. The molecule has 0 aromatic carbocycles. The number of hydrogen-bond acceptors (Lipinski definition) is 4. The molecule has 2 rings (SSSR count). The number of aryl methyl sites for hydroxylation is 1. The van der Waals surface area contributed by atoms with Crippen LogP contribution in [-0.2, 0) is 6.42 Å². The maximum absolute atomic E-state index is 5.92. The minimum Gasteiger partial charge on any atom is -0.384 e. The van der Waals surface area contributed by atoms with Gasteiger partial charge in [-0.1, -0.05) is 20.3 Å². The lowest BCUT2D eigenvalue weighted by atomic mass is 9.84. The van der Waals surface area contributed by atoms with Crippen molar-refractivity contribution in [2.45, 2.75) is 64.8 Å². The van der Waals surface area contributed by atoms with Gasteiger partial charge in [0.2, 0.25) is 0 Å². The average molecular weight is 276 g/mol. The summed E-state index contributed by atoms with van der Waals surface area (Å²) in [4.78, 5) is 11.3. The Morgan fingerprint density at radius 3 is 2.50 bits per heavy atom. The molecule has 0 aliphatic heterocycles. The van der Waals surface area contributed by atoms with Crippen LogP contribution in [0.2, 0.25) is 0 Å². The van der Waals surface area contributed by atoms with E-state index in [2.05, 4.69) is 35.8 Å². The molecule has 4 nitrogen and oxygen atoms in total. The Balaban J connectivity index is 2.07. The summed E-state index contributed by atoms with van der Waals surface area (Å²) in [5.41, 5.74) is 5.92. The van der Waals surface area contributed by atoms with E-state index in [1.807, 2.05) is 6.07 Å². The zero-order chi connectivity index (χ0) is 14.5. The van der Waals surface area contributed by atoms with Crippen molar-refractivity contribution in [2.24, 2.45) is 5.92 Å². The van der Waals surface area contributed by atoms with Gasteiger partial charge in [-0.25, -0.2) is 9.97 Å². The lowest BCUT2D eigenvalue weighted by molar-refractivity contribution is 0.313. The van der Waals surface area contributed by atoms with Gasteiger partial charge in [0, 0.05) is 25.6 Å². The third kappa shape index (κ3) is 3.62. The number of hydrogen-bond donors (Lipinski definition) is 1. The first-order valence-electron chi connectivity index (χ1n) is 8.00. The fraction of sp³-hybridized carbons (Fsp3) is 0.750. The van der Waals surface area contributed by atoms with E-state index in [0.29, 0.717) is 11.9 Å². The molecule has 1 aromatic heterocycles. The summed E-state index contributed by atoms with van der Waals surface area (Å²) in [7, 11) is 2.15. The fourth-order valence-corrected chi connectivity index (χ4v) is 3.15. The molecule has 0 atom stereocenters. The first-order chi connectivity index (χ1) is 9.63. The highest BCUT2D eigenvalue weighted by Gasteiger charge is 2.24. The molecule has 1 aliphatic rings. The van der Waals surface area contributed by atoms with Crippen LogP contribution in [0.1, 0.15) is 58.2 Å². The van der Waals surface area contributed by atoms with Crippen molar-refractivity contribution < 1.29 is 0 Å². The number of nitrogens with two attached hydrogens (primary N) is 1. The van der Waals surface area contributed by atoms with Crippen molar-refractivity contribution in [1.29, 1.82) is 0 Å². The van der Waals surface area contributed by atoms with Crippen molar-refractivity contribution in [3.05, 3.63) is 11.9 Å². The van der Waals surface area contributed by atoms with Gasteiger partial charge >= 0.3 is 0 Å². The zero-order valence-electron chi connectivity index (χ0n) is 13.1. The Morgan fingerprint density at radius 2 is 1.90 bits per heavy atom. The van der Waals surface area contributed by atoms with Crippen molar-refractivity contribution in [1.82, 2.24) is 9.97 Å². The van der Waals surface area contributed by atoms with Gasteiger partial charge in [0.25, 0.3) is 0 Å². The van der Waals surface area contributed by atoms with E-state index in [4.69, 9.17) is 5.73 Å². The van der Waals surface area contributed by atoms with Gasteiger partial charge in [-0.15, -0.1) is 0 Å². The van der Waals surface area contributed by atoms with Gasteiger partial charge in [-0.05, 0) is 38.0 Å². The number of anilines is 2. The molecular formula is C16H28N4. The second-order valence-electron chi connectivity index (χ2n) is 6.01. The summed E-state index contributed by atoms with van der Waals surface area (Å²) in [5, 5.41) is 0. The third-order valence-electron chi connectivity index (χ3n) is 4.56. The summed E-state index contributed by atoms with van der Waals surface area (Å²) in [6.45, 7) is 4.44. The summed E-state index contributed by atoms with van der Waals surface area (Å²) in [6.07, 6.45) is 8.48. The van der Waals surface area contributed by atoms with Crippen molar-refractivity contribution in [2.75, 3.05) is 17.7 Å². The molecule has 1 heterocycles. The Labute approximate surface area is 122 Å². The molecule has 1 aliphatic carbocycles. The third-order valence-corrected chi connectivity index (χ3v) is 4.56. The minimum atomic E-state index is 0.590. The molecule has 0 spiro atoms. The minimum absolute atomic E-state index is 0.590. The summed E-state index contributed by atoms with van der Waals surface area (Å²) >= 11 is 0. The molecule has 2 N–H and O–H groups in total. The van der Waals surface area contributed by atoms with Crippen LogP contribution in [0.15, 0.2) is 6.07 Å². The van der Waals surface area contributed by atoms with Gasteiger partial charge in [0.1, 0.15) is 17.5 Å². The van der Waals surface area contributed by atoms with Crippen LogP contribution in [-0.4, -0.2) is 23.1 Å². The lowest BCUT2D eigenvalue weighted by Crippen LogP contribution is -2.35. The van der Waals surface area contributed by atoms with Crippen molar-refractivity contribution >= 4 is 11.6 Å². The predicted octanol–water partition coefficient (Wildman–Crippen LogP) is 3.42. The van der Waals surface area contributed by atoms with Gasteiger partial charge < -0.3 is 10.6 Å². The zero-order valence-corrected chi connectivity index (χ0v) is 13.1.